The number of anilines is 1. The second-order valence-corrected chi connectivity index (χ2v) is 8.27. The van der Waals surface area contributed by atoms with Crippen LogP contribution in [-0.2, 0) is 22.1 Å². The third-order valence-electron chi connectivity index (χ3n) is 4.66. The average Bonchev–Trinajstić information content (AvgIpc) is 2.96. The van der Waals surface area contributed by atoms with Gasteiger partial charge in [-0.1, -0.05) is 0 Å². The van der Waals surface area contributed by atoms with E-state index in [4.69, 9.17) is 4.74 Å². The molecule has 1 aliphatic rings. The molecular formula is C17H23N5O4S. The number of aryl methyl sites for hydroxylation is 2. The maximum absolute atomic E-state index is 12.8. The summed E-state index contributed by atoms with van der Waals surface area (Å²) in [5.74, 6) is 0.279. The van der Waals surface area contributed by atoms with Gasteiger partial charge in [-0.3, -0.25) is 9.48 Å². The molecule has 1 fully saturated rings. The summed E-state index contributed by atoms with van der Waals surface area (Å²) in [7, 11) is 0.928. The Morgan fingerprint density at radius 1 is 1.30 bits per heavy atom. The van der Waals surface area contributed by atoms with Crippen LogP contribution in [-0.4, -0.2) is 48.6 Å². The molecule has 1 aliphatic heterocycles. The molecule has 1 aromatic heterocycles. The van der Waals surface area contributed by atoms with Gasteiger partial charge in [0, 0.05) is 31.5 Å². The van der Waals surface area contributed by atoms with Gasteiger partial charge in [0.25, 0.3) is 10.2 Å². The monoisotopic (exact) mass is 393 g/mol. The van der Waals surface area contributed by atoms with E-state index < -0.39 is 22.3 Å². The van der Waals surface area contributed by atoms with Gasteiger partial charge in [-0.25, -0.2) is 0 Å². The molecule has 2 atom stereocenters. The summed E-state index contributed by atoms with van der Waals surface area (Å²) in [5.41, 5.74) is 2.06. The zero-order valence-corrected chi connectivity index (χ0v) is 16.4. The second kappa shape index (κ2) is 7.29. The highest BCUT2D eigenvalue weighted by Gasteiger charge is 2.41. The number of carbonyl (C=O) groups is 1. The molecule has 0 spiro atoms. The van der Waals surface area contributed by atoms with E-state index in [1.165, 1.54) is 7.05 Å². The highest BCUT2D eigenvalue weighted by molar-refractivity contribution is 7.87. The van der Waals surface area contributed by atoms with Crippen molar-refractivity contribution in [2.75, 3.05) is 19.5 Å². The topological polar surface area (TPSA) is 106 Å². The van der Waals surface area contributed by atoms with Crippen LogP contribution in [0, 0.1) is 6.92 Å². The van der Waals surface area contributed by atoms with E-state index in [9.17, 15) is 13.2 Å². The van der Waals surface area contributed by atoms with E-state index in [1.807, 2.05) is 6.92 Å². The van der Waals surface area contributed by atoms with Gasteiger partial charge in [-0.2, -0.15) is 22.5 Å². The van der Waals surface area contributed by atoms with Crippen LogP contribution in [0.2, 0.25) is 0 Å². The van der Waals surface area contributed by atoms with Crippen LogP contribution in [0.4, 0.5) is 5.69 Å². The summed E-state index contributed by atoms with van der Waals surface area (Å²) in [6.45, 7) is 1.81. The van der Waals surface area contributed by atoms with Crippen LogP contribution < -0.4 is 14.8 Å². The fourth-order valence-electron chi connectivity index (χ4n) is 3.17. The predicted molar refractivity (Wildman–Crippen MR) is 101 cm³/mol. The number of rotatable bonds is 4. The first-order valence-electron chi connectivity index (χ1n) is 8.41. The molecule has 2 N–H and O–H groups in total. The summed E-state index contributed by atoms with van der Waals surface area (Å²) in [4.78, 5) is 12.8. The summed E-state index contributed by atoms with van der Waals surface area (Å²) in [6, 6.07) is 5.49. The van der Waals surface area contributed by atoms with Gasteiger partial charge in [-0.15, -0.1) is 0 Å². The molecule has 10 heteroatoms. The molecule has 1 aromatic carbocycles. The number of hydrogen-bond acceptors (Lipinski definition) is 5. The second-order valence-electron chi connectivity index (χ2n) is 6.50. The average molecular weight is 393 g/mol. The van der Waals surface area contributed by atoms with E-state index in [0.29, 0.717) is 17.9 Å². The number of amides is 1. The van der Waals surface area contributed by atoms with Gasteiger partial charge in [0.1, 0.15) is 11.8 Å². The molecule has 27 heavy (non-hydrogen) atoms. The van der Waals surface area contributed by atoms with Crippen molar-refractivity contribution in [1.82, 2.24) is 18.8 Å². The molecule has 0 aliphatic carbocycles. The van der Waals surface area contributed by atoms with Crippen molar-refractivity contribution >= 4 is 21.8 Å². The quantitative estimate of drug-likeness (QED) is 0.805. The first-order valence-corrected chi connectivity index (χ1v) is 9.85. The van der Waals surface area contributed by atoms with Crippen molar-refractivity contribution in [2.24, 2.45) is 7.05 Å². The lowest BCUT2D eigenvalue weighted by molar-refractivity contribution is -0.120. The minimum Gasteiger partial charge on any atom is -0.497 e. The molecule has 1 saturated heterocycles. The van der Waals surface area contributed by atoms with Crippen molar-refractivity contribution < 1.29 is 17.9 Å². The number of hydrogen-bond donors (Lipinski definition) is 2. The Bertz CT molecular complexity index is 939. The van der Waals surface area contributed by atoms with Gasteiger partial charge in [0.15, 0.2) is 0 Å². The molecular weight excluding hydrogens is 370 g/mol. The molecule has 146 valence electrons. The zero-order chi connectivity index (χ0) is 19.8. The molecule has 0 bridgehead atoms. The largest absolute Gasteiger partial charge is 0.497 e. The molecule has 3 rings (SSSR count). The number of aromatic nitrogens is 2. The van der Waals surface area contributed by atoms with Crippen LogP contribution in [0.3, 0.4) is 0 Å². The molecule has 0 saturated carbocycles. The smallest absolute Gasteiger partial charge is 0.280 e. The van der Waals surface area contributed by atoms with E-state index >= 15 is 0 Å². The summed E-state index contributed by atoms with van der Waals surface area (Å²) < 4.78 is 35.5. The van der Waals surface area contributed by atoms with Gasteiger partial charge >= 0.3 is 0 Å². The summed E-state index contributed by atoms with van der Waals surface area (Å²) in [5, 5.41) is 7.04. The minimum absolute atomic E-state index is 0.296. The number of nitrogens with one attached hydrogen (secondary N) is 2. The fourth-order valence-corrected chi connectivity index (χ4v) is 4.44. The number of methoxy groups -OCH3 is 1. The Kier molecular flexibility index (Phi) is 5.22. The minimum atomic E-state index is -3.80. The third kappa shape index (κ3) is 3.97. The lowest BCUT2D eigenvalue weighted by atomic mass is 10.00. The van der Waals surface area contributed by atoms with E-state index in [-0.39, 0.29) is 5.91 Å². The molecule has 2 heterocycles. The van der Waals surface area contributed by atoms with Crippen LogP contribution in [0.1, 0.15) is 23.7 Å². The molecule has 0 unspecified atom stereocenters. The van der Waals surface area contributed by atoms with Crippen molar-refractivity contribution in [3.8, 4) is 5.75 Å². The maximum atomic E-state index is 12.8. The van der Waals surface area contributed by atoms with Crippen LogP contribution in [0.5, 0.6) is 5.75 Å². The summed E-state index contributed by atoms with van der Waals surface area (Å²) >= 11 is 0. The van der Waals surface area contributed by atoms with Crippen molar-refractivity contribution in [1.29, 1.82) is 0 Å². The van der Waals surface area contributed by atoms with Crippen LogP contribution in [0.15, 0.2) is 30.5 Å². The SMILES string of the molecule is COc1ccc(NC(=O)[C@H]2C[C@H](c3cn(C)nc3C)NS(=O)(=O)N2C)cc1. The van der Waals surface area contributed by atoms with Crippen LogP contribution in [0.25, 0.3) is 0 Å². The standard InChI is InChI=1S/C17H23N5O4S/c1-11-14(10-21(2)19-11)15-9-16(22(3)27(24,25)20-15)17(23)18-12-5-7-13(26-4)8-6-12/h5-8,10,15-16,20H,9H2,1-4H3,(H,18,23)/t15-,16-/m1/s1. The number of nitrogens with zero attached hydrogens (tertiary/aromatic N) is 3. The predicted octanol–water partition coefficient (Wildman–Crippen LogP) is 0.955. The van der Waals surface area contributed by atoms with Gasteiger partial charge in [-0.05, 0) is 37.6 Å². The first kappa shape index (κ1) is 19.3. The summed E-state index contributed by atoms with van der Waals surface area (Å²) in [6.07, 6.45) is 2.07. The van der Waals surface area contributed by atoms with Crippen molar-refractivity contribution in [3.63, 3.8) is 0 Å². The Balaban J connectivity index is 1.83. The van der Waals surface area contributed by atoms with E-state index in [1.54, 1.807) is 49.3 Å². The van der Waals surface area contributed by atoms with Crippen LogP contribution >= 0.6 is 0 Å². The highest BCUT2D eigenvalue weighted by Crippen LogP contribution is 2.30. The number of likely N-dealkylation sites (N-methyl/N-ethyl adjacent to an activating group) is 1. The highest BCUT2D eigenvalue weighted by atomic mass is 32.2. The lowest BCUT2D eigenvalue weighted by Gasteiger charge is -2.36. The zero-order valence-electron chi connectivity index (χ0n) is 15.6. The number of benzene rings is 1. The van der Waals surface area contributed by atoms with Crippen molar-refractivity contribution in [2.45, 2.75) is 25.4 Å². The Morgan fingerprint density at radius 2 is 1.96 bits per heavy atom. The normalized spacial score (nSPS) is 22.4. The van der Waals surface area contributed by atoms with Gasteiger partial charge in [0.05, 0.1) is 18.8 Å². The molecule has 2 aromatic rings. The lowest BCUT2D eigenvalue weighted by Crippen LogP contribution is -2.56. The molecule has 9 nitrogen and oxygen atoms in total. The number of carbonyl (C=O) groups excluding carboxylic acids is 1. The van der Waals surface area contributed by atoms with Gasteiger partial charge in [0.2, 0.25) is 5.91 Å². The third-order valence-corrected chi connectivity index (χ3v) is 6.25. The van der Waals surface area contributed by atoms with Crippen molar-refractivity contribution in [3.05, 3.63) is 41.7 Å². The Morgan fingerprint density at radius 3 is 2.52 bits per heavy atom. The van der Waals surface area contributed by atoms with E-state index in [2.05, 4.69) is 15.1 Å². The molecule has 1 amide bonds. The first-order chi connectivity index (χ1) is 12.7. The van der Waals surface area contributed by atoms with E-state index in [0.717, 1.165) is 15.6 Å². The van der Waals surface area contributed by atoms with Gasteiger partial charge < -0.3 is 10.1 Å². The Hall–Kier alpha value is -2.43. The molecule has 0 radical (unpaired) electrons. The maximum Gasteiger partial charge on any atom is 0.280 e. The fraction of sp³-hybridized carbons (Fsp3) is 0.412. The number of ether oxygens (including phenoxy) is 1. The Labute approximate surface area is 158 Å².